The zero-order valence-corrected chi connectivity index (χ0v) is 14.9. The van der Waals surface area contributed by atoms with Gasteiger partial charge in [-0.05, 0) is 32.0 Å². The Morgan fingerprint density at radius 1 is 1.44 bits per heavy atom. The minimum atomic E-state index is -0.370. The van der Waals surface area contributed by atoms with Crippen molar-refractivity contribution in [1.29, 1.82) is 5.26 Å². The molecule has 8 heteroatoms. The van der Waals surface area contributed by atoms with Gasteiger partial charge in [-0.2, -0.15) is 5.26 Å². The molecule has 7 nitrogen and oxygen atoms in total. The summed E-state index contributed by atoms with van der Waals surface area (Å²) in [5, 5.41) is 11.6. The number of nitriles is 1. The van der Waals surface area contributed by atoms with Crippen molar-refractivity contribution in [3.05, 3.63) is 46.0 Å². The van der Waals surface area contributed by atoms with E-state index in [0.717, 1.165) is 5.69 Å². The van der Waals surface area contributed by atoms with Gasteiger partial charge in [0, 0.05) is 22.8 Å². The molecule has 2 aromatic rings. The number of aromatic nitrogens is 1. The second-order valence-electron chi connectivity index (χ2n) is 4.86. The zero-order chi connectivity index (χ0) is 18.2. The first-order chi connectivity index (χ1) is 12.1. The Bertz CT molecular complexity index is 824. The van der Waals surface area contributed by atoms with E-state index in [4.69, 9.17) is 9.47 Å². The van der Waals surface area contributed by atoms with Gasteiger partial charge in [-0.25, -0.2) is 4.98 Å². The molecule has 0 bridgehead atoms. The van der Waals surface area contributed by atoms with Crippen LogP contribution in [0.4, 0.5) is 0 Å². The summed E-state index contributed by atoms with van der Waals surface area (Å²) in [4.78, 5) is 16.4. The number of thiazole rings is 1. The highest BCUT2D eigenvalue weighted by Crippen LogP contribution is 2.27. The van der Waals surface area contributed by atoms with Crippen molar-refractivity contribution in [3.8, 4) is 17.6 Å². The van der Waals surface area contributed by atoms with Gasteiger partial charge < -0.3 is 14.9 Å². The van der Waals surface area contributed by atoms with Crippen LogP contribution in [0.2, 0.25) is 0 Å². The van der Waals surface area contributed by atoms with Crippen molar-refractivity contribution < 1.29 is 14.3 Å². The van der Waals surface area contributed by atoms with Crippen LogP contribution in [0.1, 0.15) is 28.0 Å². The molecule has 0 saturated carbocycles. The van der Waals surface area contributed by atoms with Crippen molar-refractivity contribution in [3.63, 3.8) is 0 Å². The number of methoxy groups -OCH3 is 1. The zero-order valence-electron chi connectivity index (χ0n) is 14.1. The first-order valence-corrected chi connectivity index (χ1v) is 8.36. The number of nitrogens with one attached hydrogen (secondary N) is 2. The minimum absolute atomic E-state index is 0.336. The fraction of sp³-hybridized carbons (Fsp3) is 0.235. The van der Waals surface area contributed by atoms with Crippen LogP contribution in [-0.2, 0) is 0 Å². The molecule has 25 heavy (non-hydrogen) atoms. The predicted molar refractivity (Wildman–Crippen MR) is 95.2 cm³/mol. The largest absolute Gasteiger partial charge is 0.493 e. The maximum absolute atomic E-state index is 12.2. The second-order valence-corrected chi connectivity index (χ2v) is 5.72. The Morgan fingerprint density at radius 3 is 2.84 bits per heavy atom. The molecule has 0 atom stereocenters. The Labute approximate surface area is 149 Å². The van der Waals surface area contributed by atoms with E-state index in [1.807, 2.05) is 25.3 Å². The average molecular weight is 358 g/mol. The van der Waals surface area contributed by atoms with Gasteiger partial charge in [-0.3, -0.25) is 10.2 Å². The molecule has 1 amide bonds. The van der Waals surface area contributed by atoms with Crippen molar-refractivity contribution in [2.75, 3.05) is 13.7 Å². The average Bonchev–Trinajstić information content (AvgIpc) is 3.05. The van der Waals surface area contributed by atoms with E-state index in [2.05, 4.69) is 15.8 Å². The van der Waals surface area contributed by atoms with E-state index in [0.29, 0.717) is 34.3 Å². The third-order valence-electron chi connectivity index (χ3n) is 3.10. The number of hydrogen-bond donors (Lipinski definition) is 2. The number of allylic oxidation sites excluding steroid dienone is 1. The SMILES string of the molecule is CCOc1ccc(C(=O)NN/C=C(\C#N)c2nc(C)cs2)cc1OC. The first kappa shape index (κ1) is 18.3. The molecule has 0 aliphatic heterocycles. The molecule has 2 N–H and O–H groups in total. The van der Waals surface area contributed by atoms with Gasteiger partial charge in [0.1, 0.15) is 16.6 Å². The first-order valence-electron chi connectivity index (χ1n) is 7.48. The number of benzene rings is 1. The van der Waals surface area contributed by atoms with E-state index >= 15 is 0 Å². The second kappa shape index (κ2) is 8.70. The number of amides is 1. The van der Waals surface area contributed by atoms with Crippen LogP contribution in [-0.4, -0.2) is 24.6 Å². The molecule has 0 spiro atoms. The van der Waals surface area contributed by atoms with Gasteiger partial charge in [-0.15, -0.1) is 11.3 Å². The summed E-state index contributed by atoms with van der Waals surface area (Å²) in [7, 11) is 1.51. The van der Waals surface area contributed by atoms with E-state index in [9.17, 15) is 10.1 Å². The summed E-state index contributed by atoms with van der Waals surface area (Å²) < 4.78 is 10.6. The van der Waals surface area contributed by atoms with E-state index in [1.165, 1.54) is 24.6 Å². The molecule has 1 aromatic heterocycles. The molecule has 0 aliphatic carbocycles. The molecule has 1 aromatic carbocycles. The number of rotatable bonds is 7. The quantitative estimate of drug-likeness (QED) is 0.583. The summed E-state index contributed by atoms with van der Waals surface area (Å²) in [5.74, 6) is 0.673. The lowest BCUT2D eigenvalue weighted by atomic mass is 10.2. The monoisotopic (exact) mass is 358 g/mol. The van der Waals surface area contributed by atoms with Crippen LogP contribution in [0.15, 0.2) is 29.8 Å². The normalized spacial score (nSPS) is 10.7. The smallest absolute Gasteiger partial charge is 0.269 e. The molecule has 130 valence electrons. The molecule has 1 heterocycles. The van der Waals surface area contributed by atoms with Crippen LogP contribution < -0.4 is 20.3 Å². The summed E-state index contributed by atoms with van der Waals surface area (Å²) in [6.07, 6.45) is 1.40. The van der Waals surface area contributed by atoms with Gasteiger partial charge in [0.2, 0.25) is 0 Å². The van der Waals surface area contributed by atoms with Crippen LogP contribution in [0, 0.1) is 18.3 Å². The molecule has 2 rings (SSSR count). The summed E-state index contributed by atoms with van der Waals surface area (Å²) in [5.41, 5.74) is 6.71. The third-order valence-corrected chi connectivity index (χ3v) is 4.09. The van der Waals surface area contributed by atoms with E-state index in [-0.39, 0.29) is 5.91 Å². The number of hydrazine groups is 1. The number of aryl methyl sites for hydroxylation is 1. The molecular weight excluding hydrogens is 340 g/mol. The van der Waals surface area contributed by atoms with E-state index < -0.39 is 0 Å². The lowest BCUT2D eigenvalue weighted by Crippen LogP contribution is -2.33. The third kappa shape index (κ3) is 4.71. The summed E-state index contributed by atoms with van der Waals surface area (Å²) in [6, 6.07) is 6.93. The highest BCUT2D eigenvalue weighted by atomic mass is 32.1. The van der Waals surface area contributed by atoms with Crippen LogP contribution in [0.5, 0.6) is 11.5 Å². The summed E-state index contributed by atoms with van der Waals surface area (Å²) >= 11 is 1.36. The standard InChI is InChI=1S/C17H18N4O3S/c1-4-24-14-6-5-12(7-15(14)23-3)16(22)21-19-9-13(8-18)17-20-11(2)10-25-17/h5-7,9-10,19H,4H2,1-3H3,(H,21,22)/b13-9+. The Kier molecular flexibility index (Phi) is 6.37. The van der Waals surface area contributed by atoms with Crippen molar-refractivity contribution in [1.82, 2.24) is 15.8 Å². The molecule has 0 unspecified atom stereocenters. The molecule has 0 aliphatic rings. The van der Waals surface area contributed by atoms with Crippen molar-refractivity contribution in [2.24, 2.45) is 0 Å². The van der Waals surface area contributed by atoms with Gasteiger partial charge in [0.05, 0.1) is 13.7 Å². The Hall–Kier alpha value is -3.05. The van der Waals surface area contributed by atoms with Gasteiger partial charge in [-0.1, -0.05) is 0 Å². The summed E-state index contributed by atoms with van der Waals surface area (Å²) in [6.45, 7) is 4.22. The fourth-order valence-electron chi connectivity index (χ4n) is 1.95. The number of carbonyl (C=O) groups is 1. The number of carbonyl (C=O) groups excluding carboxylic acids is 1. The maximum Gasteiger partial charge on any atom is 0.269 e. The Morgan fingerprint density at radius 2 is 2.24 bits per heavy atom. The molecule has 0 radical (unpaired) electrons. The highest BCUT2D eigenvalue weighted by molar-refractivity contribution is 7.10. The van der Waals surface area contributed by atoms with Crippen LogP contribution >= 0.6 is 11.3 Å². The fourth-order valence-corrected chi connectivity index (χ4v) is 2.71. The Balaban J connectivity index is 2.04. The van der Waals surface area contributed by atoms with Gasteiger partial charge >= 0.3 is 0 Å². The van der Waals surface area contributed by atoms with Gasteiger partial charge in [0.25, 0.3) is 5.91 Å². The lowest BCUT2D eigenvalue weighted by Gasteiger charge is -2.11. The van der Waals surface area contributed by atoms with E-state index in [1.54, 1.807) is 18.2 Å². The van der Waals surface area contributed by atoms with Gasteiger partial charge in [0.15, 0.2) is 11.5 Å². The number of nitrogens with zero attached hydrogens (tertiary/aromatic N) is 2. The molecule has 0 fully saturated rings. The number of ether oxygens (including phenoxy) is 2. The lowest BCUT2D eigenvalue weighted by molar-refractivity contribution is 0.0940. The molecular formula is C17H18N4O3S. The van der Waals surface area contributed by atoms with Crippen molar-refractivity contribution in [2.45, 2.75) is 13.8 Å². The molecule has 0 saturated heterocycles. The maximum atomic E-state index is 12.2. The van der Waals surface area contributed by atoms with Crippen molar-refractivity contribution >= 4 is 22.8 Å². The predicted octanol–water partition coefficient (Wildman–Crippen LogP) is 2.66. The highest BCUT2D eigenvalue weighted by Gasteiger charge is 2.11. The van der Waals surface area contributed by atoms with Crippen LogP contribution in [0.25, 0.3) is 5.57 Å². The minimum Gasteiger partial charge on any atom is -0.493 e. The number of hydrogen-bond acceptors (Lipinski definition) is 7. The van der Waals surface area contributed by atoms with Crippen LogP contribution in [0.3, 0.4) is 0 Å². The topological polar surface area (TPSA) is 96.3 Å².